The van der Waals surface area contributed by atoms with E-state index >= 15 is 0 Å². The third-order valence-electron chi connectivity index (χ3n) is 2.73. The molecule has 1 atom stereocenters. The molecule has 1 aromatic carbocycles. The van der Waals surface area contributed by atoms with Gasteiger partial charge in [0.2, 0.25) is 0 Å². The van der Waals surface area contributed by atoms with Crippen molar-refractivity contribution in [3.05, 3.63) is 29.3 Å². The highest BCUT2D eigenvalue weighted by atomic mass is 16.6. The topological polar surface area (TPSA) is 61.5 Å². The molecule has 1 aromatic rings. The second-order valence-corrected chi connectivity index (χ2v) is 3.96. The van der Waals surface area contributed by atoms with E-state index in [-0.39, 0.29) is 18.6 Å². The van der Waals surface area contributed by atoms with E-state index in [0.29, 0.717) is 5.75 Å². The summed E-state index contributed by atoms with van der Waals surface area (Å²) in [6.45, 7) is -0.0542. The van der Waals surface area contributed by atoms with Gasteiger partial charge in [-0.25, -0.2) is 4.79 Å². The number of ether oxygens (including phenoxy) is 2. The zero-order chi connectivity index (χ0) is 11.5. The number of carbonyl (C=O) groups is 1. The highest BCUT2D eigenvalue weighted by Crippen LogP contribution is 2.25. The molecule has 0 amide bonds. The van der Waals surface area contributed by atoms with Gasteiger partial charge in [-0.05, 0) is 36.1 Å². The second-order valence-electron chi connectivity index (χ2n) is 3.96. The van der Waals surface area contributed by atoms with E-state index in [1.54, 1.807) is 0 Å². The van der Waals surface area contributed by atoms with Crippen LogP contribution in [0.4, 0.5) is 0 Å². The van der Waals surface area contributed by atoms with Crippen molar-refractivity contribution in [2.75, 3.05) is 13.7 Å². The molecule has 0 aromatic heterocycles. The molecule has 0 heterocycles. The van der Waals surface area contributed by atoms with Crippen LogP contribution in [0.25, 0.3) is 0 Å². The van der Waals surface area contributed by atoms with Gasteiger partial charge in [0.25, 0.3) is 0 Å². The van der Waals surface area contributed by atoms with Gasteiger partial charge in [0, 0.05) is 6.04 Å². The maximum absolute atomic E-state index is 10.9. The molecule has 4 heteroatoms. The molecule has 1 aliphatic rings. The van der Waals surface area contributed by atoms with E-state index in [4.69, 9.17) is 10.5 Å². The van der Waals surface area contributed by atoms with E-state index in [9.17, 15) is 4.79 Å². The zero-order valence-corrected chi connectivity index (χ0v) is 9.23. The summed E-state index contributed by atoms with van der Waals surface area (Å²) < 4.78 is 9.80. The molecule has 4 nitrogen and oxygen atoms in total. The van der Waals surface area contributed by atoms with Crippen LogP contribution in [-0.4, -0.2) is 25.7 Å². The van der Waals surface area contributed by atoms with Crippen molar-refractivity contribution in [3.8, 4) is 5.75 Å². The van der Waals surface area contributed by atoms with E-state index in [0.717, 1.165) is 12.8 Å². The van der Waals surface area contributed by atoms with Gasteiger partial charge >= 0.3 is 5.97 Å². The highest BCUT2D eigenvalue weighted by molar-refractivity contribution is 5.70. The first-order valence-electron chi connectivity index (χ1n) is 5.26. The summed E-state index contributed by atoms with van der Waals surface area (Å²) in [5.41, 5.74) is 8.36. The van der Waals surface area contributed by atoms with Gasteiger partial charge in [-0.3, -0.25) is 0 Å². The molecule has 0 fully saturated rings. The lowest BCUT2D eigenvalue weighted by atomic mass is 10.1. The Hall–Kier alpha value is -1.55. The lowest BCUT2D eigenvalue weighted by molar-refractivity contribution is -0.142. The van der Waals surface area contributed by atoms with Crippen LogP contribution in [0.5, 0.6) is 5.75 Å². The van der Waals surface area contributed by atoms with E-state index in [1.165, 1.54) is 18.2 Å². The summed E-state index contributed by atoms with van der Waals surface area (Å²) in [7, 11) is 1.34. The van der Waals surface area contributed by atoms with Crippen molar-refractivity contribution in [1.29, 1.82) is 0 Å². The molecule has 1 aliphatic carbocycles. The molecule has 16 heavy (non-hydrogen) atoms. The van der Waals surface area contributed by atoms with Crippen LogP contribution in [0.3, 0.4) is 0 Å². The molecule has 0 spiro atoms. The fourth-order valence-electron chi connectivity index (χ4n) is 1.92. The average Bonchev–Trinajstić information content (AvgIpc) is 2.65. The number of rotatable bonds is 3. The lowest BCUT2D eigenvalue weighted by Gasteiger charge is -2.06. The van der Waals surface area contributed by atoms with Crippen LogP contribution in [0.2, 0.25) is 0 Å². The van der Waals surface area contributed by atoms with Gasteiger partial charge in [-0.1, -0.05) is 6.07 Å². The van der Waals surface area contributed by atoms with Crippen LogP contribution in [0, 0.1) is 0 Å². The summed E-state index contributed by atoms with van der Waals surface area (Å²) in [6.07, 6.45) is 1.80. The number of hydrogen-bond acceptors (Lipinski definition) is 4. The summed E-state index contributed by atoms with van der Waals surface area (Å²) in [5.74, 6) is 0.315. The van der Waals surface area contributed by atoms with Crippen LogP contribution in [-0.2, 0) is 22.4 Å². The largest absolute Gasteiger partial charge is 0.482 e. The number of benzene rings is 1. The molecule has 0 radical (unpaired) electrons. The molecular weight excluding hydrogens is 206 g/mol. The van der Waals surface area contributed by atoms with Crippen molar-refractivity contribution in [2.24, 2.45) is 5.73 Å². The van der Waals surface area contributed by atoms with Crippen molar-refractivity contribution >= 4 is 5.97 Å². The number of carbonyl (C=O) groups excluding carboxylic acids is 1. The van der Waals surface area contributed by atoms with Crippen molar-refractivity contribution in [3.63, 3.8) is 0 Å². The Kier molecular flexibility index (Phi) is 3.10. The minimum atomic E-state index is -0.378. The minimum Gasteiger partial charge on any atom is -0.482 e. The molecule has 0 aliphatic heterocycles. The van der Waals surface area contributed by atoms with Gasteiger partial charge in [0.05, 0.1) is 7.11 Å². The second kappa shape index (κ2) is 4.53. The van der Waals surface area contributed by atoms with Crippen molar-refractivity contribution in [1.82, 2.24) is 0 Å². The molecule has 2 N–H and O–H groups in total. The molecule has 2 rings (SSSR count). The van der Waals surface area contributed by atoms with Crippen molar-refractivity contribution < 1.29 is 14.3 Å². The Labute approximate surface area is 94.3 Å². The van der Waals surface area contributed by atoms with Crippen LogP contribution in [0.1, 0.15) is 11.1 Å². The van der Waals surface area contributed by atoms with E-state index in [1.807, 2.05) is 18.2 Å². The van der Waals surface area contributed by atoms with Crippen molar-refractivity contribution in [2.45, 2.75) is 18.9 Å². The highest BCUT2D eigenvalue weighted by Gasteiger charge is 2.18. The molecule has 0 saturated carbocycles. The maximum Gasteiger partial charge on any atom is 0.343 e. The SMILES string of the molecule is COC(=O)COc1ccc2c(c1)CC(N)C2. The van der Waals surface area contributed by atoms with Crippen LogP contribution < -0.4 is 10.5 Å². The molecule has 0 bridgehead atoms. The van der Waals surface area contributed by atoms with Gasteiger partial charge in [0.15, 0.2) is 6.61 Å². The lowest BCUT2D eigenvalue weighted by Crippen LogP contribution is -2.19. The molecule has 1 unspecified atom stereocenters. The van der Waals surface area contributed by atoms with E-state index < -0.39 is 0 Å². The number of fused-ring (bicyclic) bond motifs is 1. The summed E-state index contributed by atoms with van der Waals surface area (Å²) in [4.78, 5) is 10.9. The smallest absolute Gasteiger partial charge is 0.343 e. The number of esters is 1. The van der Waals surface area contributed by atoms with Gasteiger partial charge < -0.3 is 15.2 Å². The predicted molar refractivity (Wildman–Crippen MR) is 59.3 cm³/mol. The Balaban J connectivity index is 2.02. The Bertz CT molecular complexity index is 403. The van der Waals surface area contributed by atoms with Crippen LogP contribution >= 0.6 is 0 Å². The zero-order valence-electron chi connectivity index (χ0n) is 9.23. The summed E-state index contributed by atoms with van der Waals surface area (Å²) in [6, 6.07) is 6.03. The first-order chi connectivity index (χ1) is 7.69. The van der Waals surface area contributed by atoms with Gasteiger partial charge in [-0.2, -0.15) is 0 Å². The van der Waals surface area contributed by atoms with Crippen LogP contribution in [0.15, 0.2) is 18.2 Å². The molecule has 86 valence electrons. The third-order valence-corrected chi connectivity index (χ3v) is 2.73. The summed E-state index contributed by atoms with van der Waals surface area (Å²) >= 11 is 0. The molecule has 0 saturated heterocycles. The Morgan fingerprint density at radius 2 is 2.19 bits per heavy atom. The Morgan fingerprint density at radius 3 is 2.94 bits per heavy atom. The fourth-order valence-corrected chi connectivity index (χ4v) is 1.92. The molecular formula is C12H15NO3. The summed E-state index contributed by atoms with van der Waals surface area (Å²) in [5, 5.41) is 0. The monoisotopic (exact) mass is 221 g/mol. The standard InChI is InChI=1S/C12H15NO3/c1-15-12(14)7-16-11-3-2-8-4-10(13)5-9(8)6-11/h2-3,6,10H,4-5,7,13H2,1H3. The number of hydrogen-bond donors (Lipinski definition) is 1. The maximum atomic E-state index is 10.9. The third kappa shape index (κ3) is 2.33. The van der Waals surface area contributed by atoms with Gasteiger partial charge in [0.1, 0.15) is 5.75 Å². The fraction of sp³-hybridized carbons (Fsp3) is 0.417. The first-order valence-corrected chi connectivity index (χ1v) is 5.26. The quantitative estimate of drug-likeness (QED) is 0.762. The minimum absolute atomic E-state index is 0.0542. The predicted octanol–water partition coefficient (Wildman–Crippen LogP) is 0.664. The average molecular weight is 221 g/mol. The van der Waals surface area contributed by atoms with Gasteiger partial charge in [-0.15, -0.1) is 0 Å². The Morgan fingerprint density at radius 1 is 1.44 bits per heavy atom. The number of nitrogens with two attached hydrogens (primary N) is 1. The number of methoxy groups -OCH3 is 1. The van der Waals surface area contributed by atoms with E-state index in [2.05, 4.69) is 4.74 Å². The first kappa shape index (κ1) is 11.0. The normalized spacial score (nSPS) is 18.0.